The zero-order valence-corrected chi connectivity index (χ0v) is 41.0. The number of ether oxygens (including phenoxy) is 3. The van der Waals surface area contributed by atoms with Crippen LogP contribution in [0.1, 0.15) is 323 Å². The standard InChI is InChI=1S/C55H106O6/c1-4-7-10-13-16-19-22-25-27-30-33-36-39-42-45-48-54(57)60-51-52(50-59-53(56)47-44-41-38-35-32-29-24-21-18-15-12-9-6-3)61-55(58)49-46-43-40-37-34-31-28-26-23-20-17-14-11-8-5-2/h52H,4-51H2,1-3H3/i50D2,51D2,52D. The first-order valence-electron chi connectivity index (χ1n) is 29.5. The topological polar surface area (TPSA) is 78.9 Å². The maximum atomic E-state index is 13.1. The Kier molecular flexibility index (Phi) is 42.2. The molecule has 0 heterocycles. The SMILES string of the molecule is [2H]C([2H])(OC(=O)CCCCCCCCCCCCCCC)C([2H])(OC(=O)CCCCCCCCCCCCCCCCC)C([2H])([2H])OC(=O)CCCCCCCCCCCCCCCCC. The van der Waals surface area contributed by atoms with E-state index in [2.05, 4.69) is 20.8 Å². The van der Waals surface area contributed by atoms with Gasteiger partial charge in [-0.25, -0.2) is 0 Å². The smallest absolute Gasteiger partial charge is 0.306 e. The molecule has 0 aliphatic carbocycles. The molecular formula is C55H106O6. The maximum absolute atomic E-state index is 13.1. The van der Waals surface area contributed by atoms with Gasteiger partial charge in [-0.15, -0.1) is 0 Å². The van der Waals surface area contributed by atoms with Crippen molar-refractivity contribution in [3.05, 3.63) is 0 Å². The molecule has 0 aromatic heterocycles. The molecule has 61 heavy (non-hydrogen) atoms. The van der Waals surface area contributed by atoms with Crippen molar-refractivity contribution in [1.29, 1.82) is 0 Å². The van der Waals surface area contributed by atoms with E-state index in [1.807, 2.05) is 0 Å². The Morgan fingerprint density at radius 2 is 0.492 bits per heavy atom. The van der Waals surface area contributed by atoms with Crippen molar-refractivity contribution >= 4 is 17.9 Å². The fraction of sp³-hybridized carbons (Fsp3) is 0.945. The van der Waals surface area contributed by atoms with Gasteiger partial charge >= 0.3 is 17.9 Å². The van der Waals surface area contributed by atoms with Gasteiger partial charge in [0.1, 0.15) is 13.1 Å². The van der Waals surface area contributed by atoms with E-state index in [0.717, 1.165) is 77.0 Å². The highest BCUT2D eigenvalue weighted by Crippen LogP contribution is 2.17. The monoisotopic (exact) mass is 868 g/mol. The third-order valence-electron chi connectivity index (χ3n) is 12.2. The number of unbranched alkanes of at least 4 members (excludes halogenated alkanes) is 40. The minimum atomic E-state index is -3.48. The van der Waals surface area contributed by atoms with Gasteiger partial charge in [0.2, 0.25) is 0 Å². The summed E-state index contributed by atoms with van der Waals surface area (Å²) in [5.74, 6) is -2.92. The van der Waals surface area contributed by atoms with Crippen molar-refractivity contribution in [2.45, 2.75) is 322 Å². The minimum Gasteiger partial charge on any atom is -0.462 e. The van der Waals surface area contributed by atoms with Crippen molar-refractivity contribution in [2.75, 3.05) is 13.1 Å². The van der Waals surface area contributed by atoms with Crippen molar-refractivity contribution in [2.24, 2.45) is 0 Å². The summed E-state index contributed by atoms with van der Waals surface area (Å²) in [6.45, 7) is -0.160. The normalized spacial score (nSPS) is 14.0. The summed E-state index contributed by atoms with van der Waals surface area (Å²) in [5, 5.41) is 0. The van der Waals surface area contributed by atoms with E-state index in [9.17, 15) is 14.4 Å². The molecule has 0 saturated carbocycles. The molecule has 0 rings (SSSR count). The average Bonchev–Trinajstić information content (AvgIpc) is 3.27. The third kappa shape index (κ3) is 49.3. The second-order valence-electron chi connectivity index (χ2n) is 18.3. The first-order valence-corrected chi connectivity index (χ1v) is 27.0. The summed E-state index contributed by atoms with van der Waals surface area (Å²) < 4.78 is 58.9. The molecule has 1 atom stereocenters. The lowest BCUT2D eigenvalue weighted by molar-refractivity contribution is -0.167. The molecule has 6 heteroatoms. The Morgan fingerprint density at radius 1 is 0.311 bits per heavy atom. The van der Waals surface area contributed by atoms with Crippen LogP contribution in [-0.2, 0) is 28.6 Å². The van der Waals surface area contributed by atoms with E-state index >= 15 is 0 Å². The van der Waals surface area contributed by atoms with E-state index in [1.165, 1.54) is 180 Å². The fourth-order valence-corrected chi connectivity index (χ4v) is 8.10. The molecule has 0 fully saturated rings. The zero-order valence-electron chi connectivity index (χ0n) is 46.0. The zero-order chi connectivity index (χ0) is 48.9. The molecule has 0 spiro atoms. The number of hydrogen-bond donors (Lipinski definition) is 0. The molecule has 0 amide bonds. The molecular weight excluding hydrogens is 757 g/mol. The molecule has 0 saturated heterocycles. The molecule has 0 aromatic rings. The molecule has 0 N–H and O–H groups in total. The van der Waals surface area contributed by atoms with Gasteiger partial charge in [0, 0.05) is 19.3 Å². The summed E-state index contributed by atoms with van der Waals surface area (Å²) in [4.78, 5) is 39.0. The largest absolute Gasteiger partial charge is 0.462 e. The number of rotatable bonds is 51. The van der Waals surface area contributed by atoms with Crippen LogP contribution in [0.5, 0.6) is 0 Å². The first kappa shape index (κ1) is 50.4. The van der Waals surface area contributed by atoms with Crippen LogP contribution in [0.3, 0.4) is 0 Å². The summed E-state index contributed by atoms with van der Waals surface area (Å²) in [5.41, 5.74) is 0. The van der Waals surface area contributed by atoms with Crippen molar-refractivity contribution in [1.82, 2.24) is 0 Å². The van der Waals surface area contributed by atoms with Crippen LogP contribution in [0.4, 0.5) is 0 Å². The lowest BCUT2D eigenvalue weighted by Gasteiger charge is -2.18. The van der Waals surface area contributed by atoms with Crippen molar-refractivity contribution in [3.63, 3.8) is 0 Å². The van der Waals surface area contributed by atoms with Crippen molar-refractivity contribution < 1.29 is 35.4 Å². The molecule has 1 unspecified atom stereocenters. The van der Waals surface area contributed by atoms with Crippen LogP contribution in [-0.4, -0.2) is 37.1 Å². The van der Waals surface area contributed by atoms with Gasteiger partial charge in [0.25, 0.3) is 0 Å². The molecule has 0 radical (unpaired) electrons. The molecule has 0 aliphatic heterocycles. The van der Waals surface area contributed by atoms with Crippen LogP contribution < -0.4 is 0 Å². The second-order valence-corrected chi connectivity index (χ2v) is 18.3. The van der Waals surface area contributed by atoms with E-state index in [1.54, 1.807) is 0 Å². The highest BCUT2D eigenvalue weighted by atomic mass is 16.6. The van der Waals surface area contributed by atoms with Crippen molar-refractivity contribution in [3.8, 4) is 0 Å². The quantitative estimate of drug-likeness (QED) is 0.0344. The maximum Gasteiger partial charge on any atom is 0.306 e. The van der Waals surface area contributed by atoms with Gasteiger partial charge < -0.3 is 14.2 Å². The Balaban J connectivity index is 4.95. The van der Waals surface area contributed by atoms with Gasteiger partial charge in [0.15, 0.2) is 6.08 Å². The van der Waals surface area contributed by atoms with Gasteiger partial charge in [-0.2, -0.15) is 0 Å². The number of carbonyl (C=O) groups is 3. The lowest BCUT2D eigenvalue weighted by atomic mass is 10.0. The van der Waals surface area contributed by atoms with Crippen LogP contribution >= 0.6 is 0 Å². The number of hydrogen-bond acceptors (Lipinski definition) is 6. The Labute approximate surface area is 387 Å². The highest BCUT2D eigenvalue weighted by Gasteiger charge is 2.19. The summed E-state index contributed by atoms with van der Waals surface area (Å²) in [6.07, 6.45) is 45.4. The second kappa shape index (κ2) is 51.0. The van der Waals surface area contributed by atoms with Crippen LogP contribution in [0, 0.1) is 0 Å². The van der Waals surface area contributed by atoms with Crippen LogP contribution in [0.2, 0.25) is 0 Å². The van der Waals surface area contributed by atoms with Gasteiger partial charge in [0.05, 0.1) is 6.85 Å². The minimum absolute atomic E-state index is 0.122. The van der Waals surface area contributed by atoms with E-state index < -0.39 is 37.1 Å². The summed E-state index contributed by atoms with van der Waals surface area (Å²) >= 11 is 0. The molecule has 0 aliphatic rings. The van der Waals surface area contributed by atoms with Gasteiger partial charge in [-0.05, 0) is 19.3 Å². The van der Waals surface area contributed by atoms with E-state index in [-0.39, 0.29) is 19.3 Å². The molecule has 6 nitrogen and oxygen atoms in total. The van der Waals surface area contributed by atoms with E-state index in [4.69, 9.17) is 21.1 Å². The third-order valence-corrected chi connectivity index (χ3v) is 12.2. The molecule has 0 bridgehead atoms. The van der Waals surface area contributed by atoms with Crippen LogP contribution in [0.25, 0.3) is 0 Å². The molecule has 0 aromatic carbocycles. The number of esters is 3. The predicted molar refractivity (Wildman–Crippen MR) is 261 cm³/mol. The van der Waals surface area contributed by atoms with Gasteiger partial charge in [-0.1, -0.05) is 278 Å². The Bertz CT molecular complexity index is 1120. The predicted octanol–water partition coefficient (Wildman–Crippen LogP) is 18.0. The van der Waals surface area contributed by atoms with Crippen LogP contribution in [0.15, 0.2) is 0 Å². The Hall–Kier alpha value is -1.59. The average molecular weight is 868 g/mol. The lowest BCUT2D eigenvalue weighted by Crippen LogP contribution is -2.30. The number of carbonyl (C=O) groups excluding carboxylic acids is 3. The highest BCUT2D eigenvalue weighted by molar-refractivity contribution is 5.71. The fourth-order valence-electron chi connectivity index (χ4n) is 8.10. The summed E-state index contributed by atoms with van der Waals surface area (Å²) in [6, 6.07) is 0. The molecule has 362 valence electrons. The van der Waals surface area contributed by atoms with E-state index in [0.29, 0.717) is 19.3 Å². The Morgan fingerprint density at radius 3 is 0.705 bits per heavy atom. The first-order chi connectivity index (χ1) is 31.9. The summed E-state index contributed by atoms with van der Waals surface area (Å²) in [7, 11) is 0. The van der Waals surface area contributed by atoms with Gasteiger partial charge in [-0.3, -0.25) is 14.4 Å².